The number of halogens is 2. The van der Waals surface area contributed by atoms with Crippen molar-refractivity contribution in [3.63, 3.8) is 0 Å². The lowest BCUT2D eigenvalue weighted by atomic mass is 10.1. The SMILES string of the molecule is CCn1nc(-c2cccc(Br)c2C)c(Br)c1C. The van der Waals surface area contributed by atoms with Crippen molar-refractivity contribution in [2.75, 3.05) is 0 Å². The predicted molar refractivity (Wildman–Crippen MR) is 78.2 cm³/mol. The topological polar surface area (TPSA) is 17.8 Å². The van der Waals surface area contributed by atoms with Crippen LogP contribution in [0.5, 0.6) is 0 Å². The van der Waals surface area contributed by atoms with Crippen molar-refractivity contribution in [3.05, 3.63) is 38.4 Å². The van der Waals surface area contributed by atoms with Crippen LogP contribution in [0, 0.1) is 13.8 Å². The van der Waals surface area contributed by atoms with Gasteiger partial charge in [0.2, 0.25) is 0 Å². The van der Waals surface area contributed by atoms with E-state index in [4.69, 9.17) is 0 Å². The second-order valence-corrected chi connectivity index (χ2v) is 5.62. The molecule has 0 aliphatic rings. The van der Waals surface area contributed by atoms with E-state index in [1.165, 1.54) is 16.8 Å². The molecule has 4 heteroatoms. The first-order valence-electron chi connectivity index (χ1n) is 5.54. The lowest BCUT2D eigenvalue weighted by molar-refractivity contribution is 0.641. The second kappa shape index (κ2) is 4.94. The van der Waals surface area contributed by atoms with E-state index in [9.17, 15) is 0 Å². The third-order valence-corrected chi connectivity index (χ3v) is 4.76. The molecular weight excluding hydrogens is 344 g/mol. The minimum Gasteiger partial charge on any atom is -0.268 e. The Labute approximate surface area is 118 Å². The van der Waals surface area contributed by atoms with E-state index in [0.29, 0.717) is 0 Å². The van der Waals surface area contributed by atoms with Crippen LogP contribution < -0.4 is 0 Å². The highest BCUT2D eigenvalue weighted by molar-refractivity contribution is 9.11. The molecule has 0 saturated carbocycles. The second-order valence-electron chi connectivity index (χ2n) is 3.98. The maximum absolute atomic E-state index is 4.65. The van der Waals surface area contributed by atoms with E-state index in [-0.39, 0.29) is 0 Å². The monoisotopic (exact) mass is 356 g/mol. The summed E-state index contributed by atoms with van der Waals surface area (Å²) in [5.41, 5.74) is 4.57. The highest BCUT2D eigenvalue weighted by atomic mass is 79.9. The van der Waals surface area contributed by atoms with Crippen LogP contribution in [0.3, 0.4) is 0 Å². The molecule has 2 rings (SSSR count). The van der Waals surface area contributed by atoms with E-state index in [1.807, 2.05) is 10.7 Å². The quantitative estimate of drug-likeness (QED) is 0.760. The van der Waals surface area contributed by atoms with Gasteiger partial charge in [-0.05, 0) is 48.3 Å². The van der Waals surface area contributed by atoms with Gasteiger partial charge in [-0.3, -0.25) is 4.68 Å². The molecule has 0 saturated heterocycles. The number of hydrogen-bond donors (Lipinski definition) is 0. The molecule has 0 radical (unpaired) electrons. The normalized spacial score (nSPS) is 10.9. The Morgan fingerprint density at radius 2 is 1.94 bits per heavy atom. The summed E-state index contributed by atoms with van der Waals surface area (Å²) in [7, 11) is 0. The smallest absolute Gasteiger partial charge is 0.107 e. The molecule has 1 heterocycles. The van der Waals surface area contributed by atoms with Crippen molar-refractivity contribution >= 4 is 31.9 Å². The average Bonchev–Trinajstić information content (AvgIpc) is 2.60. The van der Waals surface area contributed by atoms with Crippen LogP contribution in [-0.2, 0) is 6.54 Å². The minimum atomic E-state index is 0.886. The third-order valence-electron chi connectivity index (χ3n) is 2.96. The zero-order chi connectivity index (χ0) is 12.6. The van der Waals surface area contributed by atoms with Crippen LogP contribution in [0.25, 0.3) is 11.3 Å². The lowest BCUT2D eigenvalue weighted by Gasteiger charge is -2.05. The Bertz CT molecular complexity index is 559. The summed E-state index contributed by atoms with van der Waals surface area (Å²) >= 11 is 7.20. The number of aromatic nitrogens is 2. The fourth-order valence-corrected chi connectivity index (χ4v) is 2.73. The molecule has 0 fully saturated rings. The van der Waals surface area contributed by atoms with Gasteiger partial charge in [-0.2, -0.15) is 5.10 Å². The molecule has 0 spiro atoms. The van der Waals surface area contributed by atoms with Gasteiger partial charge in [-0.25, -0.2) is 0 Å². The molecule has 1 aromatic heterocycles. The van der Waals surface area contributed by atoms with Gasteiger partial charge in [0.05, 0.1) is 10.2 Å². The van der Waals surface area contributed by atoms with Gasteiger partial charge in [-0.1, -0.05) is 28.1 Å². The molecule has 0 N–H and O–H groups in total. The third kappa shape index (κ3) is 2.20. The van der Waals surface area contributed by atoms with Crippen molar-refractivity contribution in [3.8, 4) is 11.3 Å². The van der Waals surface area contributed by atoms with Gasteiger partial charge in [0.1, 0.15) is 5.69 Å². The molecule has 0 bridgehead atoms. The fraction of sp³-hybridized carbons (Fsp3) is 0.308. The molecule has 0 aliphatic carbocycles. The zero-order valence-electron chi connectivity index (χ0n) is 10.1. The maximum Gasteiger partial charge on any atom is 0.107 e. The van der Waals surface area contributed by atoms with Crippen LogP contribution in [-0.4, -0.2) is 9.78 Å². The largest absolute Gasteiger partial charge is 0.268 e. The minimum absolute atomic E-state index is 0.886. The van der Waals surface area contributed by atoms with Crippen LogP contribution >= 0.6 is 31.9 Å². The maximum atomic E-state index is 4.65. The van der Waals surface area contributed by atoms with E-state index < -0.39 is 0 Å². The lowest BCUT2D eigenvalue weighted by Crippen LogP contribution is -1.98. The van der Waals surface area contributed by atoms with Gasteiger partial charge in [-0.15, -0.1) is 0 Å². The number of benzene rings is 1. The molecule has 17 heavy (non-hydrogen) atoms. The molecule has 0 atom stereocenters. The summed E-state index contributed by atoms with van der Waals surface area (Å²) < 4.78 is 4.21. The summed E-state index contributed by atoms with van der Waals surface area (Å²) in [6.07, 6.45) is 0. The van der Waals surface area contributed by atoms with E-state index >= 15 is 0 Å². The van der Waals surface area contributed by atoms with Crippen molar-refractivity contribution in [2.45, 2.75) is 27.3 Å². The first-order chi connectivity index (χ1) is 8.06. The number of rotatable bonds is 2. The van der Waals surface area contributed by atoms with Crippen LogP contribution in [0.4, 0.5) is 0 Å². The highest BCUT2D eigenvalue weighted by Gasteiger charge is 2.15. The molecule has 0 unspecified atom stereocenters. The summed E-state index contributed by atoms with van der Waals surface area (Å²) in [6, 6.07) is 6.20. The molecular formula is C13H14Br2N2. The Morgan fingerprint density at radius 1 is 1.24 bits per heavy atom. The van der Waals surface area contributed by atoms with Crippen molar-refractivity contribution in [1.82, 2.24) is 9.78 Å². The van der Waals surface area contributed by atoms with Crippen LogP contribution in [0.2, 0.25) is 0 Å². The Hall–Kier alpha value is -0.610. The Balaban J connectivity index is 2.65. The molecule has 1 aromatic carbocycles. The molecule has 90 valence electrons. The van der Waals surface area contributed by atoms with E-state index in [2.05, 4.69) is 69.9 Å². The number of nitrogens with zero attached hydrogens (tertiary/aromatic N) is 2. The van der Waals surface area contributed by atoms with E-state index in [1.54, 1.807) is 0 Å². The average molecular weight is 358 g/mol. The standard InChI is InChI=1S/C13H14Br2N2/c1-4-17-9(3)12(15)13(16-17)10-6-5-7-11(14)8(10)2/h5-7H,4H2,1-3H3. The van der Waals surface area contributed by atoms with Crippen molar-refractivity contribution in [2.24, 2.45) is 0 Å². The number of hydrogen-bond acceptors (Lipinski definition) is 1. The number of aryl methyl sites for hydroxylation is 1. The Kier molecular flexibility index (Phi) is 3.73. The van der Waals surface area contributed by atoms with Gasteiger partial charge < -0.3 is 0 Å². The summed E-state index contributed by atoms with van der Waals surface area (Å²) in [5.74, 6) is 0. The van der Waals surface area contributed by atoms with E-state index in [0.717, 1.165) is 21.2 Å². The first kappa shape index (κ1) is 12.8. The molecule has 0 amide bonds. The van der Waals surface area contributed by atoms with Crippen LogP contribution in [0.1, 0.15) is 18.2 Å². The summed E-state index contributed by atoms with van der Waals surface area (Å²) in [6.45, 7) is 7.17. The molecule has 2 aromatic rings. The highest BCUT2D eigenvalue weighted by Crippen LogP contribution is 2.34. The molecule has 0 aliphatic heterocycles. The first-order valence-corrected chi connectivity index (χ1v) is 7.13. The van der Waals surface area contributed by atoms with Gasteiger partial charge in [0, 0.05) is 16.6 Å². The summed E-state index contributed by atoms with van der Waals surface area (Å²) in [4.78, 5) is 0. The molecule has 2 nitrogen and oxygen atoms in total. The zero-order valence-corrected chi connectivity index (χ0v) is 13.3. The van der Waals surface area contributed by atoms with Crippen molar-refractivity contribution in [1.29, 1.82) is 0 Å². The summed E-state index contributed by atoms with van der Waals surface area (Å²) in [5, 5.41) is 4.65. The van der Waals surface area contributed by atoms with Gasteiger partial charge >= 0.3 is 0 Å². The van der Waals surface area contributed by atoms with Crippen molar-refractivity contribution < 1.29 is 0 Å². The Morgan fingerprint density at radius 3 is 2.53 bits per heavy atom. The van der Waals surface area contributed by atoms with Gasteiger partial charge in [0.25, 0.3) is 0 Å². The predicted octanol–water partition coefficient (Wildman–Crippen LogP) is 4.71. The van der Waals surface area contributed by atoms with Crippen LogP contribution in [0.15, 0.2) is 27.1 Å². The fourth-order valence-electron chi connectivity index (χ4n) is 1.87. The van der Waals surface area contributed by atoms with Gasteiger partial charge in [0.15, 0.2) is 0 Å².